The van der Waals surface area contributed by atoms with Crippen LogP contribution in [0.5, 0.6) is 5.75 Å². The van der Waals surface area contributed by atoms with Crippen molar-refractivity contribution >= 4 is 52.2 Å². The van der Waals surface area contributed by atoms with Crippen molar-refractivity contribution in [2.75, 3.05) is 19.8 Å². The monoisotopic (exact) mass is 594 g/mol. The fourth-order valence-electron chi connectivity index (χ4n) is 6.11. The molecule has 0 aromatic heterocycles. The van der Waals surface area contributed by atoms with Crippen molar-refractivity contribution in [2.45, 2.75) is 19.3 Å². The number of hydrogen-bond donors (Lipinski definition) is 3. The molecule has 5 aromatic rings. The average molecular weight is 595 g/mol. The SMILES string of the molecule is O=C(O)CC(CCO)(Cc1c(P2Oc3ccccc3-c3ccccc32)ccc2c1ccc1ccccc12)C(=O)OCCO. The topological polar surface area (TPSA) is 113 Å². The van der Waals surface area contributed by atoms with Crippen molar-refractivity contribution in [3.63, 3.8) is 0 Å². The standard InChI is InChI=1S/C35H31O7P/c36-18-17-35(22-33(38)39,34(40)41-20-19-37)21-29-26-14-13-23-7-1-2-8-24(23)25(26)15-16-32(29)43-31-12-6-4-10-28(31)27-9-3-5-11-30(27)42-43/h1-16,36-37H,17-22H2,(H,38,39). The van der Waals surface area contributed by atoms with Crippen LogP contribution in [0.25, 0.3) is 32.7 Å². The highest BCUT2D eigenvalue weighted by molar-refractivity contribution is 7.69. The van der Waals surface area contributed by atoms with Gasteiger partial charge in [0.1, 0.15) is 12.4 Å². The van der Waals surface area contributed by atoms with Crippen LogP contribution in [0.15, 0.2) is 97.1 Å². The Balaban J connectivity index is 1.61. The Bertz CT molecular complexity index is 1830. The molecule has 7 nitrogen and oxygen atoms in total. The Morgan fingerprint density at radius 1 is 0.744 bits per heavy atom. The first kappa shape index (κ1) is 28.8. The van der Waals surface area contributed by atoms with Gasteiger partial charge >= 0.3 is 11.9 Å². The van der Waals surface area contributed by atoms with E-state index in [1.54, 1.807) is 0 Å². The van der Waals surface area contributed by atoms with Crippen LogP contribution >= 0.6 is 8.15 Å². The first-order valence-corrected chi connectivity index (χ1v) is 15.4. The van der Waals surface area contributed by atoms with Crippen molar-refractivity contribution in [3.8, 4) is 16.9 Å². The van der Waals surface area contributed by atoms with Gasteiger partial charge in [0, 0.05) is 22.8 Å². The number of para-hydroxylation sites is 1. The number of carbonyl (C=O) groups is 2. The first-order chi connectivity index (χ1) is 21.0. The molecule has 0 radical (unpaired) electrons. The highest BCUT2D eigenvalue weighted by Crippen LogP contribution is 2.50. The third-order valence-corrected chi connectivity index (χ3v) is 10.1. The second-order valence-corrected chi connectivity index (χ2v) is 12.4. The Hall–Kier alpha value is -4.29. The smallest absolute Gasteiger partial charge is 0.313 e. The summed E-state index contributed by atoms with van der Waals surface area (Å²) in [5.41, 5.74) is 1.26. The van der Waals surface area contributed by atoms with Crippen LogP contribution in [0.4, 0.5) is 0 Å². The van der Waals surface area contributed by atoms with Gasteiger partial charge in [-0.15, -0.1) is 0 Å². The summed E-state index contributed by atoms with van der Waals surface area (Å²) in [6.07, 6.45) is -0.661. The average Bonchev–Trinajstić information content (AvgIpc) is 3.03. The van der Waals surface area contributed by atoms with Crippen LogP contribution in [0.1, 0.15) is 18.4 Å². The van der Waals surface area contributed by atoms with E-state index >= 15 is 0 Å². The second-order valence-electron chi connectivity index (χ2n) is 10.7. The number of aliphatic carboxylic acids is 1. The molecule has 0 spiro atoms. The van der Waals surface area contributed by atoms with E-state index in [-0.39, 0.29) is 19.4 Å². The molecule has 5 aromatic carbocycles. The lowest BCUT2D eigenvalue weighted by molar-refractivity contribution is -0.163. The molecule has 0 bridgehead atoms. The van der Waals surface area contributed by atoms with E-state index in [0.717, 1.165) is 54.6 Å². The summed E-state index contributed by atoms with van der Waals surface area (Å²) in [5, 5.41) is 35.3. The van der Waals surface area contributed by atoms with E-state index < -0.39 is 45.1 Å². The molecular weight excluding hydrogens is 563 g/mol. The molecule has 0 fully saturated rings. The van der Waals surface area contributed by atoms with Crippen LogP contribution in [0, 0.1) is 5.41 Å². The van der Waals surface area contributed by atoms with Gasteiger partial charge < -0.3 is 24.6 Å². The fraction of sp³-hybridized carbons (Fsp3) is 0.200. The fourth-order valence-corrected chi connectivity index (χ4v) is 8.21. The zero-order valence-corrected chi connectivity index (χ0v) is 24.3. The summed E-state index contributed by atoms with van der Waals surface area (Å²) in [4.78, 5) is 25.8. The number of benzene rings is 5. The van der Waals surface area contributed by atoms with Crippen molar-refractivity contribution in [2.24, 2.45) is 5.41 Å². The summed E-state index contributed by atoms with van der Waals surface area (Å²) in [6, 6.07) is 32.2. The lowest BCUT2D eigenvalue weighted by Gasteiger charge is -2.34. The van der Waals surface area contributed by atoms with E-state index in [4.69, 9.17) is 9.26 Å². The third kappa shape index (κ3) is 5.36. The van der Waals surface area contributed by atoms with Crippen molar-refractivity contribution in [1.82, 2.24) is 0 Å². The second kappa shape index (κ2) is 12.1. The summed E-state index contributed by atoms with van der Waals surface area (Å²) in [5.74, 6) is -1.18. The van der Waals surface area contributed by atoms with E-state index in [1.807, 2.05) is 78.9 Å². The largest absolute Gasteiger partial charge is 0.481 e. The Morgan fingerprint density at radius 3 is 2.26 bits per heavy atom. The Morgan fingerprint density at radius 2 is 1.47 bits per heavy atom. The van der Waals surface area contributed by atoms with Gasteiger partial charge in [-0.05, 0) is 57.6 Å². The van der Waals surface area contributed by atoms with Gasteiger partial charge in [0.25, 0.3) is 0 Å². The summed E-state index contributed by atoms with van der Waals surface area (Å²) < 4.78 is 12.1. The molecule has 1 heterocycles. The van der Waals surface area contributed by atoms with Gasteiger partial charge in [0.2, 0.25) is 0 Å². The summed E-state index contributed by atoms with van der Waals surface area (Å²) >= 11 is 0. The minimum absolute atomic E-state index is 0.00113. The summed E-state index contributed by atoms with van der Waals surface area (Å²) in [7, 11) is -1.42. The van der Waals surface area contributed by atoms with E-state index in [2.05, 4.69) is 18.2 Å². The normalized spacial score (nSPS) is 15.3. The summed E-state index contributed by atoms with van der Waals surface area (Å²) in [6.45, 7) is -1.07. The highest BCUT2D eigenvalue weighted by atomic mass is 31.1. The van der Waals surface area contributed by atoms with Gasteiger partial charge in [-0.1, -0.05) is 84.9 Å². The minimum atomic E-state index is -1.58. The molecule has 0 amide bonds. The van der Waals surface area contributed by atoms with Crippen molar-refractivity contribution in [3.05, 3.63) is 103 Å². The van der Waals surface area contributed by atoms with Crippen LogP contribution in [0.3, 0.4) is 0 Å². The molecule has 0 saturated heterocycles. The van der Waals surface area contributed by atoms with Crippen molar-refractivity contribution < 1.29 is 34.2 Å². The van der Waals surface area contributed by atoms with E-state index in [0.29, 0.717) is 0 Å². The van der Waals surface area contributed by atoms with Gasteiger partial charge in [-0.2, -0.15) is 0 Å². The maximum atomic E-state index is 13.6. The van der Waals surface area contributed by atoms with Crippen LogP contribution in [-0.4, -0.2) is 47.1 Å². The van der Waals surface area contributed by atoms with E-state index in [1.165, 1.54) is 0 Å². The van der Waals surface area contributed by atoms with Crippen LogP contribution in [0.2, 0.25) is 0 Å². The number of hydrogen-bond acceptors (Lipinski definition) is 6. The molecule has 1 aliphatic rings. The Labute approximate surface area is 250 Å². The number of carboxylic acid groups (broad SMARTS) is 1. The zero-order valence-electron chi connectivity index (χ0n) is 23.4. The molecular formula is C35H31O7P. The van der Waals surface area contributed by atoms with Crippen molar-refractivity contribution in [1.29, 1.82) is 0 Å². The molecule has 218 valence electrons. The maximum absolute atomic E-state index is 13.6. The number of esters is 1. The number of carbonyl (C=O) groups excluding carboxylic acids is 1. The predicted molar refractivity (Wildman–Crippen MR) is 168 cm³/mol. The number of fused-ring (bicyclic) bond motifs is 6. The number of aliphatic hydroxyl groups is 2. The molecule has 6 rings (SSSR count). The number of carboxylic acids is 1. The lowest BCUT2D eigenvalue weighted by Crippen LogP contribution is -2.40. The molecule has 2 unspecified atom stereocenters. The zero-order chi connectivity index (χ0) is 30.0. The number of aliphatic hydroxyl groups excluding tert-OH is 2. The first-order valence-electron chi connectivity index (χ1n) is 14.2. The highest BCUT2D eigenvalue weighted by Gasteiger charge is 2.44. The predicted octanol–water partition coefficient (Wildman–Crippen LogP) is 5.32. The Kier molecular flexibility index (Phi) is 8.13. The molecule has 3 N–H and O–H groups in total. The number of ether oxygens (including phenoxy) is 1. The minimum Gasteiger partial charge on any atom is -0.481 e. The third-order valence-electron chi connectivity index (χ3n) is 8.07. The molecule has 0 aliphatic carbocycles. The van der Waals surface area contributed by atoms with E-state index in [9.17, 15) is 24.9 Å². The number of rotatable bonds is 10. The van der Waals surface area contributed by atoms with Gasteiger partial charge in [0.15, 0.2) is 8.15 Å². The maximum Gasteiger partial charge on any atom is 0.313 e. The molecule has 2 atom stereocenters. The lowest BCUT2D eigenvalue weighted by atomic mass is 9.75. The van der Waals surface area contributed by atoms with Gasteiger partial charge in [0.05, 0.1) is 18.4 Å². The molecule has 8 heteroatoms. The van der Waals surface area contributed by atoms with Crippen LogP contribution in [-0.2, 0) is 20.7 Å². The quantitative estimate of drug-likeness (QED) is 0.114. The molecule has 0 saturated carbocycles. The van der Waals surface area contributed by atoms with Gasteiger partial charge in [-0.25, -0.2) is 0 Å². The molecule has 1 aliphatic heterocycles. The van der Waals surface area contributed by atoms with Gasteiger partial charge in [-0.3, -0.25) is 9.59 Å². The molecule has 43 heavy (non-hydrogen) atoms. The van der Waals surface area contributed by atoms with Crippen LogP contribution < -0.4 is 15.1 Å².